The lowest BCUT2D eigenvalue weighted by Crippen LogP contribution is -2.30. The van der Waals surface area contributed by atoms with Gasteiger partial charge in [0.2, 0.25) is 5.91 Å². The Balaban J connectivity index is 1.49. The molecule has 0 unspecified atom stereocenters. The minimum absolute atomic E-state index is 0.166. The molecule has 0 saturated carbocycles. The summed E-state index contributed by atoms with van der Waals surface area (Å²) >= 11 is 0. The van der Waals surface area contributed by atoms with E-state index in [0.29, 0.717) is 6.42 Å². The molecule has 2 heterocycles. The van der Waals surface area contributed by atoms with Crippen LogP contribution in [0, 0.1) is 0 Å². The summed E-state index contributed by atoms with van der Waals surface area (Å²) in [5.41, 5.74) is 3.57. The van der Waals surface area contributed by atoms with Crippen molar-refractivity contribution in [2.24, 2.45) is 0 Å². The Morgan fingerprint density at radius 2 is 1.68 bits per heavy atom. The van der Waals surface area contributed by atoms with E-state index in [1.54, 1.807) is 12.4 Å². The van der Waals surface area contributed by atoms with E-state index in [-0.39, 0.29) is 5.91 Å². The summed E-state index contributed by atoms with van der Waals surface area (Å²) in [4.78, 5) is 20.7. The predicted molar refractivity (Wildman–Crippen MR) is 102 cm³/mol. The number of pyridine rings is 1. The number of carbonyl (C=O) groups is 1. The molecule has 0 aliphatic carbocycles. The second-order valence-electron chi connectivity index (χ2n) is 6.81. The first-order valence-corrected chi connectivity index (χ1v) is 9.19. The SMILES string of the molecule is CN(CCc1ccncc1)C(=O)Cc1ccc(N2CCCCC2)cc1. The highest BCUT2D eigenvalue weighted by molar-refractivity contribution is 5.78. The molecule has 3 rings (SSSR count). The summed E-state index contributed by atoms with van der Waals surface area (Å²) in [5.74, 6) is 0.166. The lowest BCUT2D eigenvalue weighted by atomic mass is 10.1. The van der Waals surface area contributed by atoms with Gasteiger partial charge >= 0.3 is 0 Å². The average Bonchev–Trinajstić information content (AvgIpc) is 2.68. The van der Waals surface area contributed by atoms with Crippen LogP contribution in [0.15, 0.2) is 48.8 Å². The molecule has 1 aromatic heterocycles. The fourth-order valence-corrected chi connectivity index (χ4v) is 3.26. The van der Waals surface area contributed by atoms with Crippen LogP contribution in [-0.2, 0) is 17.6 Å². The first kappa shape index (κ1) is 17.5. The number of rotatable bonds is 6. The second-order valence-corrected chi connectivity index (χ2v) is 6.81. The van der Waals surface area contributed by atoms with Crippen molar-refractivity contribution < 1.29 is 4.79 Å². The molecule has 4 heteroatoms. The van der Waals surface area contributed by atoms with Crippen molar-refractivity contribution in [3.8, 4) is 0 Å². The van der Waals surface area contributed by atoms with Crippen molar-refractivity contribution in [1.29, 1.82) is 0 Å². The number of likely N-dealkylation sites (N-methyl/N-ethyl adjacent to an activating group) is 1. The number of hydrogen-bond donors (Lipinski definition) is 0. The number of aromatic nitrogens is 1. The van der Waals surface area contributed by atoms with Gasteiger partial charge in [-0.15, -0.1) is 0 Å². The lowest BCUT2D eigenvalue weighted by molar-refractivity contribution is -0.129. The summed E-state index contributed by atoms with van der Waals surface area (Å²) in [6.45, 7) is 3.03. The fraction of sp³-hybridized carbons (Fsp3) is 0.429. The third-order valence-electron chi connectivity index (χ3n) is 4.92. The molecule has 1 saturated heterocycles. The number of amides is 1. The van der Waals surface area contributed by atoms with Crippen molar-refractivity contribution in [3.63, 3.8) is 0 Å². The van der Waals surface area contributed by atoms with Gasteiger partial charge in [-0.25, -0.2) is 0 Å². The normalized spacial score (nSPS) is 14.4. The smallest absolute Gasteiger partial charge is 0.226 e. The number of benzene rings is 1. The topological polar surface area (TPSA) is 36.4 Å². The van der Waals surface area contributed by atoms with Gasteiger partial charge in [-0.05, 0) is 61.1 Å². The van der Waals surface area contributed by atoms with E-state index in [0.717, 1.165) is 31.6 Å². The van der Waals surface area contributed by atoms with Crippen LogP contribution < -0.4 is 4.90 Å². The molecule has 1 fully saturated rings. The van der Waals surface area contributed by atoms with Crippen LogP contribution in [0.5, 0.6) is 0 Å². The zero-order chi connectivity index (χ0) is 17.5. The van der Waals surface area contributed by atoms with E-state index in [1.807, 2.05) is 24.1 Å². The maximum absolute atomic E-state index is 12.4. The minimum Gasteiger partial charge on any atom is -0.372 e. The van der Waals surface area contributed by atoms with Crippen molar-refractivity contribution in [1.82, 2.24) is 9.88 Å². The van der Waals surface area contributed by atoms with Gasteiger partial charge in [0.25, 0.3) is 0 Å². The molecule has 1 aliphatic rings. The molecule has 4 nitrogen and oxygen atoms in total. The van der Waals surface area contributed by atoms with Crippen LogP contribution in [0.1, 0.15) is 30.4 Å². The summed E-state index contributed by atoms with van der Waals surface area (Å²) in [7, 11) is 1.88. The highest BCUT2D eigenvalue weighted by Gasteiger charge is 2.12. The Hall–Kier alpha value is -2.36. The van der Waals surface area contributed by atoms with Gasteiger partial charge in [-0.1, -0.05) is 12.1 Å². The number of nitrogens with zero attached hydrogens (tertiary/aromatic N) is 3. The van der Waals surface area contributed by atoms with Crippen LogP contribution in [0.25, 0.3) is 0 Å². The molecule has 1 aromatic carbocycles. The maximum atomic E-state index is 12.4. The minimum atomic E-state index is 0.166. The van der Waals surface area contributed by atoms with E-state index in [4.69, 9.17) is 0 Å². The zero-order valence-corrected chi connectivity index (χ0v) is 15.0. The van der Waals surface area contributed by atoms with E-state index in [2.05, 4.69) is 34.1 Å². The molecule has 1 amide bonds. The van der Waals surface area contributed by atoms with Gasteiger partial charge in [-0.3, -0.25) is 9.78 Å². The van der Waals surface area contributed by atoms with Gasteiger partial charge in [0, 0.05) is 44.8 Å². The molecule has 1 aliphatic heterocycles. The molecule has 2 aromatic rings. The number of carbonyl (C=O) groups excluding carboxylic acids is 1. The van der Waals surface area contributed by atoms with Crippen LogP contribution in [0.2, 0.25) is 0 Å². The van der Waals surface area contributed by atoms with Crippen LogP contribution in [0.4, 0.5) is 5.69 Å². The third-order valence-corrected chi connectivity index (χ3v) is 4.92. The van der Waals surface area contributed by atoms with Crippen LogP contribution in [0.3, 0.4) is 0 Å². The van der Waals surface area contributed by atoms with Crippen molar-refractivity contribution >= 4 is 11.6 Å². The van der Waals surface area contributed by atoms with Gasteiger partial charge in [-0.2, -0.15) is 0 Å². The quantitative estimate of drug-likeness (QED) is 0.811. The molecule has 0 bridgehead atoms. The first-order valence-electron chi connectivity index (χ1n) is 9.19. The highest BCUT2D eigenvalue weighted by atomic mass is 16.2. The standard InChI is InChI=1S/C21H27N3O/c1-23(16-11-18-9-12-22-13-10-18)21(25)17-19-5-7-20(8-6-19)24-14-3-2-4-15-24/h5-10,12-13H,2-4,11,14-17H2,1H3. The summed E-state index contributed by atoms with van der Waals surface area (Å²) in [6, 6.07) is 12.5. The van der Waals surface area contributed by atoms with E-state index >= 15 is 0 Å². The van der Waals surface area contributed by atoms with Crippen LogP contribution in [-0.4, -0.2) is 42.5 Å². The first-order chi connectivity index (χ1) is 12.2. The molecular weight excluding hydrogens is 310 g/mol. The van der Waals surface area contributed by atoms with Crippen molar-refractivity contribution in [2.45, 2.75) is 32.1 Å². The fourth-order valence-electron chi connectivity index (χ4n) is 3.26. The number of piperidine rings is 1. The number of hydrogen-bond acceptors (Lipinski definition) is 3. The number of anilines is 1. The second kappa shape index (κ2) is 8.65. The van der Waals surface area contributed by atoms with E-state index in [1.165, 1.54) is 30.5 Å². The molecule has 0 atom stereocenters. The summed E-state index contributed by atoms with van der Waals surface area (Å²) < 4.78 is 0. The molecule has 132 valence electrons. The van der Waals surface area contributed by atoms with Gasteiger partial charge in [0.05, 0.1) is 6.42 Å². The zero-order valence-electron chi connectivity index (χ0n) is 15.0. The van der Waals surface area contributed by atoms with Gasteiger partial charge in [0.1, 0.15) is 0 Å². The Morgan fingerprint density at radius 3 is 2.36 bits per heavy atom. The Morgan fingerprint density at radius 1 is 1.00 bits per heavy atom. The summed E-state index contributed by atoms with van der Waals surface area (Å²) in [5, 5.41) is 0. The Kier molecular flexibility index (Phi) is 6.04. The van der Waals surface area contributed by atoms with E-state index in [9.17, 15) is 4.79 Å². The van der Waals surface area contributed by atoms with Crippen molar-refractivity contribution in [2.75, 3.05) is 31.6 Å². The summed E-state index contributed by atoms with van der Waals surface area (Å²) in [6.07, 6.45) is 8.81. The van der Waals surface area contributed by atoms with E-state index < -0.39 is 0 Å². The predicted octanol–water partition coefficient (Wildman–Crippen LogP) is 3.32. The third kappa shape index (κ3) is 5.05. The van der Waals surface area contributed by atoms with Crippen LogP contribution >= 0.6 is 0 Å². The average molecular weight is 337 g/mol. The molecular formula is C21H27N3O. The Labute approximate surface area is 150 Å². The molecule has 0 N–H and O–H groups in total. The van der Waals surface area contributed by atoms with Gasteiger partial charge in [0.15, 0.2) is 0 Å². The highest BCUT2D eigenvalue weighted by Crippen LogP contribution is 2.20. The maximum Gasteiger partial charge on any atom is 0.226 e. The largest absolute Gasteiger partial charge is 0.372 e. The molecule has 0 spiro atoms. The molecule has 25 heavy (non-hydrogen) atoms. The van der Waals surface area contributed by atoms with Crippen molar-refractivity contribution in [3.05, 3.63) is 59.9 Å². The monoisotopic (exact) mass is 337 g/mol. The van der Waals surface area contributed by atoms with Gasteiger partial charge < -0.3 is 9.80 Å². The molecule has 0 radical (unpaired) electrons. The Bertz CT molecular complexity index is 663. The lowest BCUT2D eigenvalue weighted by Gasteiger charge is -2.28.